The lowest BCUT2D eigenvalue weighted by Crippen LogP contribution is -2.39. The summed E-state index contributed by atoms with van der Waals surface area (Å²) in [5, 5.41) is 8.68. The first-order valence-electron chi connectivity index (χ1n) is 8.04. The lowest BCUT2D eigenvalue weighted by atomic mass is 10.2. The van der Waals surface area contributed by atoms with E-state index < -0.39 is 0 Å². The van der Waals surface area contributed by atoms with E-state index in [1.54, 1.807) is 0 Å². The van der Waals surface area contributed by atoms with E-state index in [4.69, 9.17) is 9.47 Å². The van der Waals surface area contributed by atoms with Crippen molar-refractivity contribution in [2.45, 2.75) is 34.6 Å². The van der Waals surface area contributed by atoms with Gasteiger partial charge in [-0.1, -0.05) is 34.6 Å². The maximum Gasteiger partial charge on any atom is 0.314 e. The molecule has 0 unspecified atom stereocenters. The third-order valence-electron chi connectivity index (χ3n) is 2.25. The van der Waals surface area contributed by atoms with E-state index in [9.17, 15) is 4.79 Å². The Morgan fingerprint density at radius 1 is 0.952 bits per heavy atom. The fraction of sp³-hybridized carbons (Fsp3) is 0.933. The van der Waals surface area contributed by atoms with Crippen LogP contribution >= 0.6 is 0 Å². The molecule has 0 bridgehead atoms. The second kappa shape index (κ2) is 19.1. The van der Waals surface area contributed by atoms with Gasteiger partial charge in [-0.25, -0.2) is 4.79 Å². The summed E-state index contributed by atoms with van der Waals surface area (Å²) in [6.45, 7) is 15.6. The highest BCUT2D eigenvalue weighted by atomic mass is 16.5. The van der Waals surface area contributed by atoms with Gasteiger partial charge >= 0.3 is 6.03 Å². The van der Waals surface area contributed by atoms with E-state index in [0.29, 0.717) is 45.4 Å². The Hall–Kier alpha value is -0.850. The van der Waals surface area contributed by atoms with Gasteiger partial charge in [-0.3, -0.25) is 0 Å². The number of rotatable bonds is 12. The Morgan fingerprint density at radius 2 is 1.52 bits per heavy atom. The van der Waals surface area contributed by atoms with Crippen LogP contribution in [0.5, 0.6) is 0 Å². The standard InChI is InChI=1S/C13H29N3O3.C2H6/c1-4-14-5-7-18-9-10-19-8-6-15-13(17)16-11-12(2)3;1-2/h12,14H,4-11H2,1-3H3,(H2,15,16,17);1-2H3. The van der Waals surface area contributed by atoms with Crippen molar-refractivity contribution in [3.05, 3.63) is 0 Å². The Balaban J connectivity index is 0. The number of likely N-dealkylation sites (N-methyl/N-ethyl adjacent to an activating group) is 1. The van der Waals surface area contributed by atoms with Crippen LogP contribution in [0.1, 0.15) is 34.6 Å². The highest BCUT2D eigenvalue weighted by Crippen LogP contribution is 1.86. The van der Waals surface area contributed by atoms with Crippen molar-refractivity contribution in [3.8, 4) is 0 Å². The average Bonchev–Trinajstić information content (AvgIpc) is 2.49. The van der Waals surface area contributed by atoms with Crippen LogP contribution in [-0.4, -0.2) is 58.6 Å². The summed E-state index contributed by atoms with van der Waals surface area (Å²) in [5.74, 6) is 0.460. The molecule has 2 amide bonds. The summed E-state index contributed by atoms with van der Waals surface area (Å²) in [6.07, 6.45) is 0. The molecule has 0 aliphatic rings. The van der Waals surface area contributed by atoms with Gasteiger partial charge < -0.3 is 25.4 Å². The summed E-state index contributed by atoms with van der Waals surface area (Å²) < 4.78 is 10.7. The molecule has 0 fully saturated rings. The van der Waals surface area contributed by atoms with Crippen LogP contribution in [0.3, 0.4) is 0 Å². The molecular weight excluding hydrogens is 270 g/mol. The third kappa shape index (κ3) is 21.6. The first kappa shape index (κ1) is 22.4. The maximum atomic E-state index is 11.3. The topological polar surface area (TPSA) is 71.6 Å². The Labute approximate surface area is 130 Å². The van der Waals surface area contributed by atoms with Crippen LogP contribution in [0, 0.1) is 5.92 Å². The summed E-state index contributed by atoms with van der Waals surface area (Å²) in [5.41, 5.74) is 0. The quantitative estimate of drug-likeness (QED) is 0.479. The van der Waals surface area contributed by atoms with Crippen LogP contribution in [-0.2, 0) is 9.47 Å². The minimum absolute atomic E-state index is 0.140. The molecule has 21 heavy (non-hydrogen) atoms. The fourth-order valence-electron chi connectivity index (χ4n) is 1.24. The molecule has 3 N–H and O–H groups in total. The molecule has 0 saturated carbocycles. The zero-order chi connectivity index (χ0) is 16.3. The third-order valence-corrected chi connectivity index (χ3v) is 2.25. The fourth-order valence-corrected chi connectivity index (χ4v) is 1.24. The van der Waals surface area contributed by atoms with Crippen molar-refractivity contribution >= 4 is 6.03 Å². The molecule has 0 heterocycles. The molecule has 0 aromatic carbocycles. The zero-order valence-electron chi connectivity index (χ0n) is 14.5. The first-order valence-corrected chi connectivity index (χ1v) is 8.04. The van der Waals surface area contributed by atoms with E-state index >= 15 is 0 Å². The highest BCUT2D eigenvalue weighted by Gasteiger charge is 2.00. The first-order chi connectivity index (χ1) is 10.2. The second-order valence-electron chi connectivity index (χ2n) is 4.61. The van der Waals surface area contributed by atoms with E-state index in [1.165, 1.54) is 0 Å². The number of hydrogen-bond donors (Lipinski definition) is 3. The molecule has 0 aromatic heterocycles. The van der Waals surface area contributed by atoms with Gasteiger partial charge in [0.05, 0.1) is 26.4 Å². The number of amides is 2. The summed E-state index contributed by atoms with van der Waals surface area (Å²) in [4.78, 5) is 11.3. The summed E-state index contributed by atoms with van der Waals surface area (Å²) in [6, 6.07) is -0.140. The van der Waals surface area contributed by atoms with Crippen molar-refractivity contribution in [2.24, 2.45) is 5.92 Å². The van der Waals surface area contributed by atoms with Crippen LogP contribution in [0.25, 0.3) is 0 Å². The number of hydrogen-bond acceptors (Lipinski definition) is 4. The highest BCUT2D eigenvalue weighted by molar-refractivity contribution is 5.73. The van der Waals surface area contributed by atoms with Gasteiger partial charge in [-0.05, 0) is 12.5 Å². The van der Waals surface area contributed by atoms with Crippen molar-refractivity contribution < 1.29 is 14.3 Å². The largest absolute Gasteiger partial charge is 0.378 e. The Bertz CT molecular complexity index is 214. The molecule has 128 valence electrons. The number of carbonyl (C=O) groups excluding carboxylic acids is 1. The Morgan fingerprint density at radius 3 is 2.05 bits per heavy atom. The SMILES string of the molecule is CC.CCNCCOCCOCCNC(=O)NCC(C)C. The smallest absolute Gasteiger partial charge is 0.314 e. The second-order valence-corrected chi connectivity index (χ2v) is 4.61. The molecule has 0 aliphatic heterocycles. The lowest BCUT2D eigenvalue weighted by molar-refractivity contribution is 0.0506. The van der Waals surface area contributed by atoms with E-state index in [0.717, 1.165) is 13.1 Å². The van der Waals surface area contributed by atoms with Gasteiger partial charge in [-0.15, -0.1) is 0 Å². The van der Waals surface area contributed by atoms with Gasteiger partial charge in [0.15, 0.2) is 0 Å². The number of carbonyl (C=O) groups is 1. The van der Waals surface area contributed by atoms with Crippen LogP contribution < -0.4 is 16.0 Å². The van der Waals surface area contributed by atoms with Gasteiger partial charge in [0, 0.05) is 19.6 Å². The van der Waals surface area contributed by atoms with Crippen molar-refractivity contribution in [1.82, 2.24) is 16.0 Å². The zero-order valence-corrected chi connectivity index (χ0v) is 14.5. The van der Waals surface area contributed by atoms with Crippen LogP contribution in [0.15, 0.2) is 0 Å². The lowest BCUT2D eigenvalue weighted by Gasteiger charge is -2.10. The molecule has 0 rings (SSSR count). The molecule has 0 aromatic rings. The predicted molar refractivity (Wildman–Crippen MR) is 87.8 cm³/mol. The molecular formula is C15H35N3O3. The minimum atomic E-state index is -0.140. The van der Waals surface area contributed by atoms with Gasteiger partial charge in [0.2, 0.25) is 0 Å². The summed E-state index contributed by atoms with van der Waals surface area (Å²) >= 11 is 0. The van der Waals surface area contributed by atoms with Crippen molar-refractivity contribution in [1.29, 1.82) is 0 Å². The van der Waals surface area contributed by atoms with Gasteiger partial charge in [0.25, 0.3) is 0 Å². The normalized spacial score (nSPS) is 10.0. The Kier molecular flexibility index (Phi) is 20.5. The molecule has 0 aliphatic carbocycles. The molecule has 0 atom stereocenters. The summed E-state index contributed by atoms with van der Waals surface area (Å²) in [7, 11) is 0. The van der Waals surface area contributed by atoms with Crippen LogP contribution in [0.4, 0.5) is 4.79 Å². The predicted octanol–water partition coefficient (Wildman–Crippen LogP) is 1.61. The molecule has 0 radical (unpaired) electrons. The van der Waals surface area contributed by atoms with E-state index in [1.807, 2.05) is 13.8 Å². The van der Waals surface area contributed by atoms with Gasteiger partial charge in [-0.2, -0.15) is 0 Å². The molecule has 6 heteroatoms. The number of nitrogens with one attached hydrogen (secondary N) is 3. The van der Waals surface area contributed by atoms with E-state index in [2.05, 4.69) is 36.7 Å². The molecule has 0 saturated heterocycles. The van der Waals surface area contributed by atoms with Crippen molar-refractivity contribution in [2.75, 3.05) is 52.6 Å². The number of urea groups is 1. The van der Waals surface area contributed by atoms with Crippen LogP contribution in [0.2, 0.25) is 0 Å². The van der Waals surface area contributed by atoms with E-state index in [-0.39, 0.29) is 6.03 Å². The van der Waals surface area contributed by atoms with Gasteiger partial charge in [0.1, 0.15) is 0 Å². The number of ether oxygens (including phenoxy) is 2. The molecule has 6 nitrogen and oxygen atoms in total. The maximum absolute atomic E-state index is 11.3. The minimum Gasteiger partial charge on any atom is -0.378 e. The monoisotopic (exact) mass is 305 g/mol. The molecule has 0 spiro atoms. The van der Waals surface area contributed by atoms with Crippen molar-refractivity contribution in [3.63, 3.8) is 0 Å². The average molecular weight is 305 g/mol.